The first-order chi connectivity index (χ1) is 13.4. The van der Waals surface area contributed by atoms with Crippen molar-refractivity contribution in [1.29, 1.82) is 5.26 Å². The van der Waals surface area contributed by atoms with Crippen molar-refractivity contribution in [2.24, 2.45) is 0 Å². The number of amides is 1. The maximum atomic E-state index is 12.6. The van der Waals surface area contributed by atoms with Gasteiger partial charge in [-0.1, -0.05) is 30.3 Å². The van der Waals surface area contributed by atoms with Crippen molar-refractivity contribution >= 4 is 60.3 Å². The first kappa shape index (κ1) is 19.9. The second-order valence-corrected chi connectivity index (χ2v) is 7.42. The van der Waals surface area contributed by atoms with Crippen LogP contribution >= 0.6 is 31.9 Å². The first-order valence-electron chi connectivity index (χ1n) is 8.11. The molecule has 0 unspecified atom stereocenters. The lowest BCUT2D eigenvalue weighted by atomic mass is 10.1. The molecule has 0 heterocycles. The smallest absolute Gasteiger partial charge is 0.266 e. The summed E-state index contributed by atoms with van der Waals surface area (Å²) in [6, 6.07) is 16.8. The normalized spacial score (nSPS) is 11.1. The number of rotatable bonds is 4. The summed E-state index contributed by atoms with van der Waals surface area (Å²) < 4.78 is 5.98. The van der Waals surface area contributed by atoms with Crippen LogP contribution in [0.15, 0.2) is 63.0 Å². The number of phenolic OH excluding ortho intramolecular Hbond substituents is 1. The number of anilines is 1. The molecule has 0 bridgehead atoms. The highest BCUT2D eigenvalue weighted by atomic mass is 79.9. The number of nitrogens with one attached hydrogen (secondary N) is 1. The quantitative estimate of drug-likeness (QED) is 0.358. The number of halogens is 2. The number of phenols is 1. The zero-order valence-electron chi connectivity index (χ0n) is 14.7. The fourth-order valence-corrected chi connectivity index (χ4v) is 3.48. The van der Waals surface area contributed by atoms with E-state index in [1.165, 1.54) is 19.3 Å². The summed E-state index contributed by atoms with van der Waals surface area (Å²) in [5.74, 6) is -0.396. The molecule has 0 aromatic heterocycles. The predicted octanol–water partition coefficient (Wildman–Crippen LogP) is 5.62. The van der Waals surface area contributed by atoms with E-state index in [-0.39, 0.29) is 17.1 Å². The number of benzene rings is 3. The number of nitriles is 1. The van der Waals surface area contributed by atoms with Crippen molar-refractivity contribution < 1.29 is 14.6 Å². The van der Waals surface area contributed by atoms with Crippen molar-refractivity contribution in [1.82, 2.24) is 0 Å². The molecule has 0 aliphatic rings. The highest BCUT2D eigenvalue weighted by Crippen LogP contribution is 2.42. The summed E-state index contributed by atoms with van der Waals surface area (Å²) in [5.41, 5.74) is 1.01. The van der Waals surface area contributed by atoms with Crippen LogP contribution in [0.5, 0.6) is 11.5 Å². The average Bonchev–Trinajstić information content (AvgIpc) is 2.71. The molecular weight excluding hydrogens is 488 g/mol. The third kappa shape index (κ3) is 4.03. The zero-order chi connectivity index (χ0) is 20.3. The summed E-state index contributed by atoms with van der Waals surface area (Å²) in [5, 5.41) is 24.3. The Kier molecular flexibility index (Phi) is 6.02. The van der Waals surface area contributed by atoms with Gasteiger partial charge in [-0.15, -0.1) is 0 Å². The molecule has 0 aliphatic heterocycles. The number of fused-ring (bicyclic) bond motifs is 1. The number of carbonyl (C=O) groups excluding carboxylic acids is 1. The largest absolute Gasteiger partial charge is 0.503 e. The maximum Gasteiger partial charge on any atom is 0.266 e. The standard InChI is InChI=1S/C21H14Br2N2O3/c1-28-17-10-14(18(22)19(23)20(17)26)8-15(11-24)21(27)25-16-7-6-12-4-2-3-5-13(12)9-16/h2-10,26H,1H3,(H,25,27)/b15-8+. The van der Waals surface area contributed by atoms with Crippen LogP contribution in [0.2, 0.25) is 0 Å². The van der Waals surface area contributed by atoms with E-state index >= 15 is 0 Å². The van der Waals surface area contributed by atoms with Crippen LogP contribution in [0.4, 0.5) is 5.69 Å². The van der Waals surface area contributed by atoms with Gasteiger partial charge in [-0.2, -0.15) is 5.26 Å². The lowest BCUT2D eigenvalue weighted by molar-refractivity contribution is -0.112. The van der Waals surface area contributed by atoms with E-state index in [0.717, 1.165) is 10.8 Å². The second-order valence-electron chi connectivity index (χ2n) is 5.83. The van der Waals surface area contributed by atoms with Gasteiger partial charge in [0.05, 0.1) is 11.6 Å². The Balaban J connectivity index is 1.93. The van der Waals surface area contributed by atoms with Crippen molar-refractivity contribution in [2.75, 3.05) is 12.4 Å². The number of hydrogen-bond acceptors (Lipinski definition) is 4. The summed E-state index contributed by atoms with van der Waals surface area (Å²) in [7, 11) is 1.42. The summed E-state index contributed by atoms with van der Waals surface area (Å²) in [6.45, 7) is 0. The number of nitrogens with zero attached hydrogens (tertiary/aromatic N) is 1. The van der Waals surface area contributed by atoms with Gasteiger partial charge in [0.15, 0.2) is 11.5 Å². The number of ether oxygens (including phenoxy) is 1. The van der Waals surface area contributed by atoms with E-state index < -0.39 is 5.91 Å². The first-order valence-corrected chi connectivity index (χ1v) is 9.70. The van der Waals surface area contributed by atoms with Crippen molar-refractivity contribution in [3.8, 4) is 17.6 Å². The third-order valence-electron chi connectivity index (χ3n) is 4.07. The van der Waals surface area contributed by atoms with Crippen LogP contribution in [0, 0.1) is 11.3 Å². The number of hydrogen-bond donors (Lipinski definition) is 2. The summed E-state index contributed by atoms with van der Waals surface area (Å²) in [6.07, 6.45) is 1.42. The van der Waals surface area contributed by atoms with Gasteiger partial charge in [0, 0.05) is 10.2 Å². The van der Waals surface area contributed by atoms with E-state index in [1.54, 1.807) is 6.07 Å². The van der Waals surface area contributed by atoms with E-state index in [4.69, 9.17) is 4.74 Å². The Morgan fingerprint density at radius 2 is 1.86 bits per heavy atom. The fraction of sp³-hybridized carbons (Fsp3) is 0.0476. The molecule has 0 aliphatic carbocycles. The van der Waals surface area contributed by atoms with Crippen molar-refractivity contribution in [3.63, 3.8) is 0 Å². The molecule has 3 aromatic carbocycles. The Bertz CT molecular complexity index is 1150. The molecule has 0 saturated carbocycles. The Hall–Kier alpha value is -2.82. The summed E-state index contributed by atoms with van der Waals surface area (Å²) >= 11 is 6.60. The van der Waals surface area contributed by atoms with E-state index in [9.17, 15) is 15.2 Å². The number of methoxy groups -OCH3 is 1. The average molecular weight is 502 g/mol. The van der Waals surface area contributed by atoms with Gasteiger partial charge >= 0.3 is 0 Å². The molecule has 0 radical (unpaired) electrons. The van der Waals surface area contributed by atoms with E-state index in [2.05, 4.69) is 37.2 Å². The molecule has 2 N–H and O–H groups in total. The van der Waals surface area contributed by atoms with Gasteiger partial charge in [-0.25, -0.2) is 0 Å². The monoisotopic (exact) mass is 500 g/mol. The van der Waals surface area contributed by atoms with Gasteiger partial charge in [-0.05, 0) is 72.5 Å². The van der Waals surface area contributed by atoms with Crippen LogP contribution in [-0.2, 0) is 4.79 Å². The molecule has 0 spiro atoms. The van der Waals surface area contributed by atoms with Crippen LogP contribution in [0.3, 0.4) is 0 Å². The third-order valence-corrected chi connectivity index (χ3v) is 6.22. The highest BCUT2D eigenvalue weighted by Gasteiger charge is 2.16. The minimum Gasteiger partial charge on any atom is -0.503 e. The highest BCUT2D eigenvalue weighted by molar-refractivity contribution is 9.13. The van der Waals surface area contributed by atoms with Gasteiger partial charge in [0.2, 0.25) is 0 Å². The minimum atomic E-state index is -0.534. The molecule has 0 atom stereocenters. The maximum absolute atomic E-state index is 12.6. The molecule has 0 saturated heterocycles. The Morgan fingerprint density at radius 1 is 1.14 bits per heavy atom. The predicted molar refractivity (Wildman–Crippen MR) is 116 cm³/mol. The van der Waals surface area contributed by atoms with E-state index in [1.807, 2.05) is 42.5 Å². The SMILES string of the molecule is COc1cc(/C=C(\C#N)C(=O)Nc2ccc3ccccc3c2)c(Br)c(Br)c1O. The fourth-order valence-electron chi connectivity index (χ4n) is 2.64. The van der Waals surface area contributed by atoms with Gasteiger partial charge in [0.1, 0.15) is 11.6 Å². The molecule has 5 nitrogen and oxygen atoms in total. The van der Waals surface area contributed by atoms with Crippen LogP contribution < -0.4 is 10.1 Å². The Labute approximate surface area is 178 Å². The minimum absolute atomic E-state index is 0.0781. The molecular formula is C21H14Br2N2O3. The van der Waals surface area contributed by atoms with Crippen LogP contribution in [0.1, 0.15) is 5.56 Å². The number of aromatic hydroxyl groups is 1. The molecule has 140 valence electrons. The topological polar surface area (TPSA) is 82.3 Å². The summed E-state index contributed by atoms with van der Waals surface area (Å²) in [4.78, 5) is 12.6. The molecule has 28 heavy (non-hydrogen) atoms. The molecule has 3 aromatic rings. The molecule has 1 amide bonds. The second kappa shape index (κ2) is 8.46. The van der Waals surface area contributed by atoms with Gasteiger partial charge in [0.25, 0.3) is 5.91 Å². The number of carbonyl (C=O) groups is 1. The van der Waals surface area contributed by atoms with Gasteiger partial charge in [-0.3, -0.25) is 4.79 Å². The van der Waals surface area contributed by atoms with E-state index in [0.29, 0.717) is 20.2 Å². The van der Waals surface area contributed by atoms with Crippen LogP contribution in [0.25, 0.3) is 16.8 Å². The van der Waals surface area contributed by atoms with Gasteiger partial charge < -0.3 is 15.2 Å². The van der Waals surface area contributed by atoms with Crippen LogP contribution in [-0.4, -0.2) is 18.1 Å². The van der Waals surface area contributed by atoms with Crippen molar-refractivity contribution in [3.05, 3.63) is 68.6 Å². The Morgan fingerprint density at radius 3 is 2.54 bits per heavy atom. The lowest BCUT2D eigenvalue weighted by Crippen LogP contribution is -2.13. The molecule has 3 rings (SSSR count). The molecule has 0 fully saturated rings. The zero-order valence-corrected chi connectivity index (χ0v) is 17.8. The lowest BCUT2D eigenvalue weighted by Gasteiger charge is -2.10. The molecule has 7 heteroatoms. The van der Waals surface area contributed by atoms with Crippen molar-refractivity contribution in [2.45, 2.75) is 0 Å².